The highest BCUT2D eigenvalue weighted by atomic mass is 31.2. The molecule has 0 amide bonds. The van der Waals surface area contributed by atoms with Gasteiger partial charge in [-0.3, -0.25) is 4.52 Å². The molecule has 0 aromatic rings. The highest BCUT2D eigenvalue weighted by Gasteiger charge is 2.21. The van der Waals surface area contributed by atoms with Gasteiger partial charge in [-0.25, -0.2) is 4.57 Å². The maximum absolute atomic E-state index is 11.1. The van der Waals surface area contributed by atoms with Crippen LogP contribution in [0.15, 0.2) is 0 Å². The van der Waals surface area contributed by atoms with Crippen molar-refractivity contribution in [2.75, 3.05) is 0 Å². The normalized spacial score (nSPS) is 13.2. The van der Waals surface area contributed by atoms with Crippen molar-refractivity contribution in [2.24, 2.45) is 0 Å². The molecule has 1 atom stereocenters. The average molecular weight is 407 g/mol. The zero-order chi connectivity index (χ0) is 20.2. The van der Waals surface area contributed by atoms with Crippen LogP contribution < -0.4 is 0 Å². The Balaban J connectivity index is 3.57. The van der Waals surface area contributed by atoms with E-state index in [4.69, 9.17) is 14.3 Å². The first-order chi connectivity index (χ1) is 13.0. The van der Waals surface area contributed by atoms with E-state index < -0.39 is 7.82 Å². The summed E-state index contributed by atoms with van der Waals surface area (Å²) in [6.07, 6.45) is 22.8. The van der Waals surface area contributed by atoms with E-state index in [0.29, 0.717) is 0 Å². The average Bonchev–Trinajstić information content (AvgIpc) is 2.61. The molecule has 0 fully saturated rings. The standard InChI is InChI=1S/C22H47O4P/c1-3-5-7-9-10-11-12-13-14-15-16-17-19-21-22(26-27(23,24)25)20-18-8-6-4-2/h22H,3-21H2,1-2H3,(H2,23,24,25). The molecule has 0 bridgehead atoms. The van der Waals surface area contributed by atoms with Crippen molar-refractivity contribution >= 4 is 7.82 Å². The Bertz CT molecular complexity index is 343. The Labute approximate surface area is 169 Å². The van der Waals surface area contributed by atoms with Gasteiger partial charge < -0.3 is 9.79 Å². The van der Waals surface area contributed by atoms with E-state index in [9.17, 15) is 4.57 Å². The van der Waals surface area contributed by atoms with Crippen LogP contribution in [0.3, 0.4) is 0 Å². The van der Waals surface area contributed by atoms with Crippen molar-refractivity contribution in [3.63, 3.8) is 0 Å². The van der Waals surface area contributed by atoms with Crippen molar-refractivity contribution in [1.29, 1.82) is 0 Å². The van der Waals surface area contributed by atoms with E-state index >= 15 is 0 Å². The van der Waals surface area contributed by atoms with E-state index in [0.717, 1.165) is 38.5 Å². The molecule has 0 aliphatic carbocycles. The van der Waals surface area contributed by atoms with E-state index in [-0.39, 0.29) is 6.10 Å². The molecule has 27 heavy (non-hydrogen) atoms. The van der Waals surface area contributed by atoms with Gasteiger partial charge in [0.1, 0.15) is 0 Å². The van der Waals surface area contributed by atoms with Gasteiger partial charge >= 0.3 is 7.82 Å². The van der Waals surface area contributed by atoms with E-state index in [1.807, 2.05) is 0 Å². The molecule has 0 aliphatic heterocycles. The number of phosphoric acid groups is 1. The molecule has 0 saturated carbocycles. The second-order valence-corrected chi connectivity index (χ2v) is 9.29. The van der Waals surface area contributed by atoms with Crippen LogP contribution in [0.25, 0.3) is 0 Å². The first kappa shape index (κ1) is 27.1. The lowest BCUT2D eigenvalue weighted by Gasteiger charge is -2.18. The summed E-state index contributed by atoms with van der Waals surface area (Å²) in [5.41, 5.74) is 0. The molecule has 4 nitrogen and oxygen atoms in total. The molecule has 0 aromatic carbocycles. The minimum Gasteiger partial charge on any atom is -0.303 e. The van der Waals surface area contributed by atoms with Crippen LogP contribution in [0.2, 0.25) is 0 Å². The van der Waals surface area contributed by atoms with Crippen molar-refractivity contribution in [3.8, 4) is 0 Å². The van der Waals surface area contributed by atoms with Gasteiger partial charge in [-0.2, -0.15) is 0 Å². The third-order valence-corrected chi connectivity index (χ3v) is 5.87. The molecular formula is C22H47O4P. The quantitative estimate of drug-likeness (QED) is 0.150. The summed E-state index contributed by atoms with van der Waals surface area (Å²) in [6, 6.07) is 0. The second kappa shape index (κ2) is 19.4. The number of phosphoric ester groups is 1. The van der Waals surface area contributed by atoms with Crippen molar-refractivity contribution in [2.45, 2.75) is 142 Å². The van der Waals surface area contributed by atoms with Gasteiger partial charge in [-0.15, -0.1) is 0 Å². The Morgan fingerprint density at radius 3 is 1.22 bits per heavy atom. The van der Waals surface area contributed by atoms with Gasteiger partial charge in [0, 0.05) is 0 Å². The van der Waals surface area contributed by atoms with Gasteiger partial charge in [0.15, 0.2) is 0 Å². The van der Waals surface area contributed by atoms with Crippen LogP contribution in [0.5, 0.6) is 0 Å². The summed E-state index contributed by atoms with van der Waals surface area (Å²) in [5, 5.41) is 0. The maximum atomic E-state index is 11.1. The maximum Gasteiger partial charge on any atom is 0.469 e. The zero-order valence-corrected chi connectivity index (χ0v) is 19.1. The Morgan fingerprint density at radius 2 is 0.889 bits per heavy atom. The molecule has 164 valence electrons. The van der Waals surface area contributed by atoms with Crippen LogP contribution in [0.1, 0.15) is 136 Å². The van der Waals surface area contributed by atoms with Crippen molar-refractivity contribution < 1.29 is 18.9 Å². The molecule has 0 aromatic heterocycles. The minimum atomic E-state index is -4.36. The highest BCUT2D eigenvalue weighted by Crippen LogP contribution is 2.39. The minimum absolute atomic E-state index is 0.282. The summed E-state index contributed by atoms with van der Waals surface area (Å²) in [4.78, 5) is 18.2. The summed E-state index contributed by atoms with van der Waals surface area (Å²) < 4.78 is 16.1. The number of rotatable bonds is 21. The fourth-order valence-corrected chi connectivity index (χ4v) is 4.23. The Hall–Kier alpha value is 0.110. The van der Waals surface area contributed by atoms with Crippen molar-refractivity contribution in [1.82, 2.24) is 0 Å². The van der Waals surface area contributed by atoms with Crippen LogP contribution in [-0.2, 0) is 9.09 Å². The molecule has 2 N–H and O–H groups in total. The predicted octanol–water partition coefficient (Wildman–Crippen LogP) is 7.92. The predicted molar refractivity (Wildman–Crippen MR) is 116 cm³/mol. The first-order valence-corrected chi connectivity index (χ1v) is 13.3. The Morgan fingerprint density at radius 1 is 0.593 bits per heavy atom. The molecular weight excluding hydrogens is 359 g/mol. The fourth-order valence-electron chi connectivity index (χ4n) is 3.63. The second-order valence-electron chi connectivity index (χ2n) is 8.10. The van der Waals surface area contributed by atoms with E-state index in [1.165, 1.54) is 83.5 Å². The SMILES string of the molecule is CCCCCCCCCCCCCCCC(CCCCCC)OP(=O)(O)O. The summed E-state index contributed by atoms with van der Waals surface area (Å²) in [7, 11) is -4.36. The van der Waals surface area contributed by atoms with E-state index in [1.54, 1.807) is 0 Å². The largest absolute Gasteiger partial charge is 0.469 e. The fraction of sp³-hybridized carbons (Fsp3) is 1.00. The van der Waals surface area contributed by atoms with Crippen LogP contribution in [0.4, 0.5) is 0 Å². The topological polar surface area (TPSA) is 66.8 Å². The molecule has 5 heteroatoms. The van der Waals surface area contributed by atoms with Gasteiger partial charge in [0.25, 0.3) is 0 Å². The summed E-state index contributed by atoms with van der Waals surface area (Å²) in [6.45, 7) is 4.43. The zero-order valence-electron chi connectivity index (χ0n) is 18.2. The molecule has 0 rings (SSSR count). The van der Waals surface area contributed by atoms with Gasteiger partial charge in [0.2, 0.25) is 0 Å². The molecule has 0 spiro atoms. The molecule has 0 heterocycles. The smallest absolute Gasteiger partial charge is 0.303 e. The van der Waals surface area contributed by atoms with Crippen LogP contribution in [0, 0.1) is 0 Å². The monoisotopic (exact) mass is 406 g/mol. The summed E-state index contributed by atoms with van der Waals surface area (Å²) >= 11 is 0. The lowest BCUT2D eigenvalue weighted by atomic mass is 10.0. The van der Waals surface area contributed by atoms with Crippen molar-refractivity contribution in [3.05, 3.63) is 0 Å². The number of unbranched alkanes of at least 4 members (excludes halogenated alkanes) is 15. The number of hydrogen-bond donors (Lipinski definition) is 2. The summed E-state index contributed by atoms with van der Waals surface area (Å²) in [5.74, 6) is 0. The van der Waals surface area contributed by atoms with Gasteiger partial charge in [-0.1, -0.05) is 123 Å². The third kappa shape index (κ3) is 22.3. The van der Waals surface area contributed by atoms with E-state index in [2.05, 4.69) is 13.8 Å². The lowest BCUT2D eigenvalue weighted by molar-refractivity contribution is 0.115. The molecule has 0 aliphatic rings. The molecule has 0 radical (unpaired) electrons. The van der Waals surface area contributed by atoms with Crippen LogP contribution >= 0.6 is 7.82 Å². The lowest BCUT2D eigenvalue weighted by Crippen LogP contribution is -2.11. The first-order valence-electron chi connectivity index (χ1n) is 11.7. The molecule has 1 unspecified atom stereocenters. The number of hydrogen-bond acceptors (Lipinski definition) is 2. The molecule has 0 saturated heterocycles. The van der Waals surface area contributed by atoms with Crippen LogP contribution in [-0.4, -0.2) is 15.9 Å². The van der Waals surface area contributed by atoms with Gasteiger partial charge in [0.05, 0.1) is 6.10 Å². The third-order valence-electron chi connectivity index (χ3n) is 5.30. The van der Waals surface area contributed by atoms with Gasteiger partial charge in [-0.05, 0) is 12.8 Å². The Kier molecular flexibility index (Phi) is 19.5. The highest BCUT2D eigenvalue weighted by molar-refractivity contribution is 7.46.